The van der Waals surface area contributed by atoms with Crippen LogP contribution in [0.2, 0.25) is 0 Å². The van der Waals surface area contributed by atoms with Gasteiger partial charge in [0.1, 0.15) is 0 Å². The number of alkyl halides is 1. The third-order valence-electron chi connectivity index (χ3n) is 2.12. The van der Waals surface area contributed by atoms with Crippen LogP contribution in [0, 0.1) is 0 Å². The van der Waals surface area contributed by atoms with Gasteiger partial charge in [-0.3, -0.25) is 4.79 Å². The minimum atomic E-state index is -0.242. The number of carbonyl (C=O) groups excluding carboxylic acids is 1. The first kappa shape index (κ1) is 12.9. The number of amides is 1. The van der Waals surface area contributed by atoms with Gasteiger partial charge >= 0.3 is 0 Å². The lowest BCUT2D eigenvalue weighted by atomic mass is 10.1. The molecule has 0 aromatic heterocycles. The Morgan fingerprint density at radius 3 is 2.31 bits per heavy atom. The smallest absolute Gasteiger partial charge is 0.231 e. The molecule has 0 heterocycles. The summed E-state index contributed by atoms with van der Waals surface area (Å²) in [6, 6.07) is 0. The lowest BCUT2D eigenvalue weighted by molar-refractivity contribution is -0.117. The fraction of sp³-hybridized carbons (Fsp3) is 0.900. The summed E-state index contributed by atoms with van der Waals surface area (Å²) in [6.45, 7) is 2.21. The summed E-state index contributed by atoms with van der Waals surface area (Å²) >= 11 is 3.25. The van der Waals surface area contributed by atoms with Gasteiger partial charge in [-0.25, -0.2) is 0 Å². The molecule has 0 spiro atoms. The van der Waals surface area contributed by atoms with E-state index in [2.05, 4.69) is 22.9 Å². The van der Waals surface area contributed by atoms with Crippen molar-refractivity contribution in [3.05, 3.63) is 0 Å². The second-order valence-electron chi connectivity index (χ2n) is 3.43. The van der Waals surface area contributed by atoms with Crippen LogP contribution >= 0.6 is 15.9 Å². The van der Waals surface area contributed by atoms with Gasteiger partial charge in [0.15, 0.2) is 0 Å². The molecule has 0 bridgehead atoms. The third-order valence-corrected chi connectivity index (χ3v) is 3.03. The highest BCUT2D eigenvalue weighted by molar-refractivity contribution is 9.10. The number of nitrogens with two attached hydrogens (primary N) is 1. The van der Waals surface area contributed by atoms with Crippen molar-refractivity contribution < 1.29 is 4.79 Å². The third kappa shape index (κ3) is 8.28. The Hall–Kier alpha value is -0.0500. The minimum absolute atomic E-state index is 0.126. The maximum atomic E-state index is 10.6. The number of rotatable bonds is 8. The van der Waals surface area contributed by atoms with Crippen LogP contribution in [0.25, 0.3) is 0 Å². The zero-order valence-electron chi connectivity index (χ0n) is 8.39. The molecule has 2 nitrogen and oxygen atoms in total. The van der Waals surface area contributed by atoms with Crippen LogP contribution in [-0.4, -0.2) is 10.7 Å². The van der Waals surface area contributed by atoms with Gasteiger partial charge in [-0.15, -0.1) is 0 Å². The van der Waals surface area contributed by atoms with E-state index in [0.717, 1.165) is 12.8 Å². The molecule has 0 aromatic carbocycles. The maximum absolute atomic E-state index is 10.6. The van der Waals surface area contributed by atoms with Gasteiger partial charge in [0.2, 0.25) is 5.91 Å². The summed E-state index contributed by atoms with van der Waals surface area (Å²) in [5, 5.41) is 0. The fourth-order valence-electron chi connectivity index (χ4n) is 1.25. The van der Waals surface area contributed by atoms with Crippen LogP contribution in [0.15, 0.2) is 0 Å². The van der Waals surface area contributed by atoms with Gasteiger partial charge in [-0.1, -0.05) is 61.4 Å². The first-order valence-electron chi connectivity index (χ1n) is 5.12. The van der Waals surface area contributed by atoms with Crippen LogP contribution in [0.1, 0.15) is 51.9 Å². The van der Waals surface area contributed by atoms with Gasteiger partial charge < -0.3 is 5.73 Å². The summed E-state index contributed by atoms with van der Waals surface area (Å²) in [5.41, 5.74) is 5.11. The number of halogens is 1. The van der Waals surface area contributed by atoms with E-state index in [4.69, 9.17) is 5.73 Å². The van der Waals surface area contributed by atoms with E-state index in [1.807, 2.05) is 0 Å². The summed E-state index contributed by atoms with van der Waals surface area (Å²) in [6.07, 6.45) is 8.40. The molecular formula is C10H20BrNO. The molecule has 1 atom stereocenters. The van der Waals surface area contributed by atoms with Crippen molar-refractivity contribution in [2.75, 3.05) is 0 Å². The van der Waals surface area contributed by atoms with Crippen molar-refractivity contribution in [2.45, 2.75) is 56.7 Å². The second-order valence-corrected chi connectivity index (χ2v) is 4.53. The molecule has 1 amide bonds. The van der Waals surface area contributed by atoms with Crippen LogP contribution in [0.5, 0.6) is 0 Å². The number of unbranched alkanes of at least 4 members (excludes halogenated alkanes) is 5. The lowest BCUT2D eigenvalue weighted by Gasteiger charge is -2.04. The molecule has 3 heteroatoms. The summed E-state index contributed by atoms with van der Waals surface area (Å²) in [7, 11) is 0. The molecule has 0 fully saturated rings. The standard InChI is InChI=1S/C10H20BrNO/c1-2-3-4-5-6-7-8-9(11)10(12)13/h9H,2-8H2,1H3,(H2,12,13). The molecule has 0 aliphatic rings. The molecule has 0 aromatic rings. The van der Waals surface area contributed by atoms with E-state index in [1.54, 1.807) is 0 Å². The second kappa shape index (κ2) is 8.54. The van der Waals surface area contributed by atoms with Crippen LogP contribution in [0.3, 0.4) is 0 Å². The van der Waals surface area contributed by atoms with Gasteiger partial charge in [0, 0.05) is 0 Å². The van der Waals surface area contributed by atoms with E-state index in [-0.39, 0.29) is 10.7 Å². The normalized spacial score (nSPS) is 12.8. The molecule has 0 rings (SSSR count). The van der Waals surface area contributed by atoms with E-state index >= 15 is 0 Å². The number of hydrogen-bond donors (Lipinski definition) is 1. The van der Waals surface area contributed by atoms with Gasteiger partial charge in [0.05, 0.1) is 4.83 Å². The Kier molecular flexibility index (Phi) is 8.51. The van der Waals surface area contributed by atoms with Gasteiger partial charge in [-0.05, 0) is 6.42 Å². The molecular weight excluding hydrogens is 230 g/mol. The molecule has 13 heavy (non-hydrogen) atoms. The van der Waals surface area contributed by atoms with Crippen molar-refractivity contribution in [1.29, 1.82) is 0 Å². The highest BCUT2D eigenvalue weighted by Gasteiger charge is 2.08. The predicted molar refractivity (Wildman–Crippen MR) is 59.9 cm³/mol. The van der Waals surface area contributed by atoms with E-state index in [9.17, 15) is 4.79 Å². The van der Waals surface area contributed by atoms with Crippen LogP contribution in [-0.2, 0) is 4.79 Å². The molecule has 0 saturated carbocycles. The Bertz CT molecular complexity index is 139. The molecule has 0 radical (unpaired) electrons. The fourth-order valence-corrected chi connectivity index (χ4v) is 1.57. The molecule has 0 aliphatic carbocycles. The Morgan fingerprint density at radius 2 is 1.77 bits per heavy atom. The first-order chi connectivity index (χ1) is 6.18. The van der Waals surface area contributed by atoms with Crippen LogP contribution in [0.4, 0.5) is 0 Å². The van der Waals surface area contributed by atoms with Gasteiger partial charge in [-0.2, -0.15) is 0 Å². The average molecular weight is 250 g/mol. The maximum Gasteiger partial charge on any atom is 0.231 e. The van der Waals surface area contributed by atoms with Crippen molar-refractivity contribution in [2.24, 2.45) is 5.73 Å². The topological polar surface area (TPSA) is 43.1 Å². The quantitative estimate of drug-likeness (QED) is 0.522. The first-order valence-corrected chi connectivity index (χ1v) is 6.03. The van der Waals surface area contributed by atoms with E-state index in [0.29, 0.717) is 0 Å². The van der Waals surface area contributed by atoms with Crippen molar-refractivity contribution in [1.82, 2.24) is 0 Å². The highest BCUT2D eigenvalue weighted by atomic mass is 79.9. The molecule has 0 saturated heterocycles. The predicted octanol–water partition coefficient (Wildman–Crippen LogP) is 2.99. The molecule has 0 aliphatic heterocycles. The number of primary amides is 1. The van der Waals surface area contributed by atoms with E-state index < -0.39 is 0 Å². The van der Waals surface area contributed by atoms with Crippen molar-refractivity contribution >= 4 is 21.8 Å². The highest BCUT2D eigenvalue weighted by Crippen LogP contribution is 2.12. The van der Waals surface area contributed by atoms with Gasteiger partial charge in [0.25, 0.3) is 0 Å². The molecule has 1 unspecified atom stereocenters. The van der Waals surface area contributed by atoms with Crippen LogP contribution < -0.4 is 5.73 Å². The van der Waals surface area contributed by atoms with E-state index in [1.165, 1.54) is 32.1 Å². The largest absolute Gasteiger partial charge is 0.369 e. The van der Waals surface area contributed by atoms with Crippen molar-refractivity contribution in [3.63, 3.8) is 0 Å². The molecule has 78 valence electrons. The zero-order valence-corrected chi connectivity index (χ0v) is 9.98. The summed E-state index contributed by atoms with van der Waals surface area (Å²) < 4.78 is 0. The lowest BCUT2D eigenvalue weighted by Crippen LogP contribution is -2.22. The van der Waals surface area contributed by atoms with Crippen molar-refractivity contribution in [3.8, 4) is 0 Å². The zero-order chi connectivity index (χ0) is 10.1. The average Bonchev–Trinajstić information content (AvgIpc) is 2.10. The Morgan fingerprint density at radius 1 is 1.23 bits per heavy atom. The SMILES string of the molecule is CCCCCCCCC(Br)C(N)=O. The Balaban J connectivity index is 3.11. The number of hydrogen-bond acceptors (Lipinski definition) is 1. The Labute approximate surface area is 89.4 Å². The number of carbonyl (C=O) groups is 1. The monoisotopic (exact) mass is 249 g/mol. The minimum Gasteiger partial charge on any atom is -0.369 e. The molecule has 2 N–H and O–H groups in total. The summed E-state index contributed by atoms with van der Waals surface area (Å²) in [5.74, 6) is -0.242. The summed E-state index contributed by atoms with van der Waals surface area (Å²) in [4.78, 5) is 10.5.